The van der Waals surface area contributed by atoms with Gasteiger partial charge in [-0.3, -0.25) is 0 Å². The molecule has 4 rings (SSSR count). The van der Waals surface area contributed by atoms with Crippen LogP contribution in [0.4, 0.5) is 0 Å². The fourth-order valence-electron chi connectivity index (χ4n) is 3.54. The Balaban J connectivity index is 1.77. The molecule has 0 saturated heterocycles. The molecule has 0 atom stereocenters. The Morgan fingerprint density at radius 2 is 1.56 bits per heavy atom. The van der Waals surface area contributed by atoms with Gasteiger partial charge in [0, 0.05) is 11.5 Å². The zero-order chi connectivity index (χ0) is 24.2. The van der Waals surface area contributed by atoms with Gasteiger partial charge in [0.25, 0.3) is 0 Å². The molecule has 0 aliphatic heterocycles. The molecule has 1 heterocycles. The van der Waals surface area contributed by atoms with Gasteiger partial charge in [-0.1, -0.05) is 6.07 Å². The second-order valence-electron chi connectivity index (χ2n) is 7.07. The Hall–Kier alpha value is -4.95. The van der Waals surface area contributed by atoms with Gasteiger partial charge >= 0.3 is 5.63 Å². The lowest BCUT2D eigenvalue weighted by molar-refractivity contribution is 0.324. The average molecular weight is 454 g/mol. The third-order valence-electron chi connectivity index (χ3n) is 5.17. The number of rotatable bonds is 6. The molecule has 3 aromatic carbocycles. The molecule has 0 unspecified atom stereocenters. The van der Waals surface area contributed by atoms with E-state index in [0.29, 0.717) is 45.1 Å². The monoisotopic (exact) mass is 454 g/mol. The second kappa shape index (κ2) is 9.27. The van der Waals surface area contributed by atoms with E-state index in [1.807, 2.05) is 12.1 Å². The van der Waals surface area contributed by atoms with E-state index in [-0.39, 0.29) is 16.9 Å². The number of ether oxygens (including phenoxy) is 4. The van der Waals surface area contributed by atoms with Crippen molar-refractivity contribution in [2.45, 2.75) is 0 Å². The smallest absolute Gasteiger partial charge is 0.344 e. The van der Waals surface area contributed by atoms with Crippen LogP contribution in [-0.4, -0.2) is 21.3 Å². The normalized spacial score (nSPS) is 10.3. The summed E-state index contributed by atoms with van der Waals surface area (Å²) in [5, 5.41) is 19.2. The van der Waals surface area contributed by atoms with E-state index < -0.39 is 5.63 Å². The van der Waals surface area contributed by atoms with Crippen LogP contribution in [0, 0.1) is 22.7 Å². The zero-order valence-electron chi connectivity index (χ0n) is 18.5. The van der Waals surface area contributed by atoms with Gasteiger partial charge in [-0.25, -0.2) is 4.79 Å². The van der Waals surface area contributed by atoms with E-state index in [4.69, 9.17) is 23.4 Å². The van der Waals surface area contributed by atoms with Crippen LogP contribution in [0.1, 0.15) is 11.1 Å². The summed E-state index contributed by atoms with van der Waals surface area (Å²) in [5.41, 5.74) is 0.926. The minimum absolute atomic E-state index is 0.129. The van der Waals surface area contributed by atoms with Crippen LogP contribution in [0.2, 0.25) is 0 Å². The van der Waals surface area contributed by atoms with Crippen LogP contribution >= 0.6 is 0 Å². The summed E-state index contributed by atoms with van der Waals surface area (Å²) in [6, 6.07) is 18.7. The molecule has 4 aromatic rings. The Bertz CT molecular complexity index is 1520. The number of hydrogen-bond acceptors (Lipinski definition) is 8. The van der Waals surface area contributed by atoms with Gasteiger partial charge in [-0.05, 0) is 48.0 Å². The van der Waals surface area contributed by atoms with E-state index in [9.17, 15) is 15.3 Å². The molecule has 1 aromatic heterocycles. The molecule has 0 fully saturated rings. The van der Waals surface area contributed by atoms with Gasteiger partial charge in [0.1, 0.15) is 34.8 Å². The number of fused-ring (bicyclic) bond motifs is 1. The molecule has 8 heteroatoms. The fourth-order valence-corrected chi connectivity index (χ4v) is 3.54. The molecule has 0 spiro atoms. The maximum Gasteiger partial charge on any atom is 0.344 e. The number of benzene rings is 3. The molecule has 34 heavy (non-hydrogen) atoms. The van der Waals surface area contributed by atoms with Crippen molar-refractivity contribution < 1.29 is 23.4 Å². The van der Waals surface area contributed by atoms with Crippen molar-refractivity contribution in [2.75, 3.05) is 21.3 Å². The topological polar surface area (TPSA) is 115 Å². The summed E-state index contributed by atoms with van der Waals surface area (Å²) in [4.78, 5) is 12.8. The molecule has 168 valence electrons. The first-order chi connectivity index (χ1) is 16.5. The van der Waals surface area contributed by atoms with Crippen LogP contribution in [0.15, 0.2) is 63.8 Å². The van der Waals surface area contributed by atoms with Gasteiger partial charge in [0.2, 0.25) is 5.75 Å². The first-order valence-electron chi connectivity index (χ1n) is 10.0. The number of nitriles is 2. The highest BCUT2D eigenvalue weighted by Gasteiger charge is 2.17. The molecular weight excluding hydrogens is 436 g/mol. The summed E-state index contributed by atoms with van der Waals surface area (Å²) in [6.07, 6.45) is 0. The lowest BCUT2D eigenvalue weighted by Crippen LogP contribution is -2.04. The maximum atomic E-state index is 12.8. The van der Waals surface area contributed by atoms with Crippen LogP contribution in [0.5, 0.6) is 28.7 Å². The Kier molecular flexibility index (Phi) is 6.07. The highest BCUT2D eigenvalue weighted by molar-refractivity contribution is 5.83. The summed E-state index contributed by atoms with van der Waals surface area (Å²) in [5.74, 6) is 1.82. The molecule has 0 saturated carbocycles. The van der Waals surface area contributed by atoms with E-state index >= 15 is 0 Å². The van der Waals surface area contributed by atoms with Gasteiger partial charge in [-0.2, -0.15) is 10.5 Å². The van der Waals surface area contributed by atoms with Crippen molar-refractivity contribution in [3.05, 3.63) is 76.1 Å². The number of nitrogens with zero attached hydrogens (tertiary/aromatic N) is 2. The van der Waals surface area contributed by atoms with Crippen LogP contribution in [0.3, 0.4) is 0 Å². The van der Waals surface area contributed by atoms with Gasteiger partial charge in [-0.15, -0.1) is 0 Å². The molecule has 0 aliphatic rings. The lowest BCUT2D eigenvalue weighted by atomic mass is 10.0. The Labute approximate surface area is 194 Å². The highest BCUT2D eigenvalue weighted by atomic mass is 16.5. The zero-order valence-corrected chi connectivity index (χ0v) is 18.5. The minimum atomic E-state index is -0.567. The summed E-state index contributed by atoms with van der Waals surface area (Å²) in [6.45, 7) is 0. The fraction of sp³-hybridized carbons (Fsp3) is 0.115. The summed E-state index contributed by atoms with van der Waals surface area (Å²) in [7, 11) is 4.49. The van der Waals surface area contributed by atoms with E-state index in [1.165, 1.54) is 27.4 Å². The third-order valence-corrected chi connectivity index (χ3v) is 5.17. The van der Waals surface area contributed by atoms with E-state index in [1.54, 1.807) is 48.5 Å². The molecule has 0 N–H and O–H groups in total. The quantitative estimate of drug-likeness (QED) is 0.373. The first-order valence-corrected chi connectivity index (χ1v) is 10.0. The predicted molar refractivity (Wildman–Crippen MR) is 124 cm³/mol. The SMILES string of the molecule is COc1cc(-c2cc3ccc(Oc4cccc(C#N)c4C#N)cc3oc2=O)cc(OC)c1OC. The van der Waals surface area contributed by atoms with E-state index in [0.717, 1.165) is 0 Å². The van der Waals surface area contributed by atoms with E-state index in [2.05, 4.69) is 0 Å². The summed E-state index contributed by atoms with van der Waals surface area (Å²) < 4.78 is 27.5. The minimum Gasteiger partial charge on any atom is -0.493 e. The van der Waals surface area contributed by atoms with Crippen LogP contribution < -0.4 is 24.6 Å². The highest BCUT2D eigenvalue weighted by Crippen LogP contribution is 2.41. The number of hydrogen-bond donors (Lipinski definition) is 0. The van der Waals surface area contributed by atoms with Crippen LogP contribution in [0.25, 0.3) is 22.1 Å². The van der Waals surface area contributed by atoms with Crippen molar-refractivity contribution >= 4 is 11.0 Å². The molecule has 0 bridgehead atoms. The largest absolute Gasteiger partial charge is 0.493 e. The lowest BCUT2D eigenvalue weighted by Gasteiger charge is -2.14. The van der Waals surface area contributed by atoms with Gasteiger partial charge < -0.3 is 23.4 Å². The Morgan fingerprint density at radius 1 is 0.824 bits per heavy atom. The van der Waals surface area contributed by atoms with Crippen molar-refractivity contribution in [1.29, 1.82) is 10.5 Å². The van der Waals surface area contributed by atoms with Crippen LogP contribution in [-0.2, 0) is 0 Å². The van der Waals surface area contributed by atoms with Crippen molar-refractivity contribution in [2.24, 2.45) is 0 Å². The molecule has 0 amide bonds. The maximum absolute atomic E-state index is 12.8. The van der Waals surface area contributed by atoms with Gasteiger partial charge in [0.05, 0.1) is 32.5 Å². The summed E-state index contributed by atoms with van der Waals surface area (Å²) >= 11 is 0. The molecular formula is C26H18N2O6. The molecule has 0 radical (unpaired) electrons. The van der Waals surface area contributed by atoms with Crippen molar-refractivity contribution in [1.82, 2.24) is 0 Å². The Morgan fingerprint density at radius 3 is 2.18 bits per heavy atom. The van der Waals surface area contributed by atoms with Gasteiger partial charge in [0.15, 0.2) is 11.5 Å². The first kappa shape index (κ1) is 22.3. The third kappa shape index (κ3) is 3.96. The second-order valence-corrected chi connectivity index (χ2v) is 7.07. The predicted octanol–water partition coefficient (Wildman–Crippen LogP) is 5.02. The van der Waals surface area contributed by atoms with Crippen molar-refractivity contribution in [3.8, 4) is 52.0 Å². The van der Waals surface area contributed by atoms with Crippen molar-refractivity contribution in [3.63, 3.8) is 0 Å². The number of methoxy groups -OCH3 is 3. The average Bonchev–Trinajstić information content (AvgIpc) is 2.87. The molecule has 0 aliphatic carbocycles. The molecule has 8 nitrogen and oxygen atoms in total. The standard InChI is InChI=1S/C26H18N2O6/c1-30-23-10-17(11-24(31-2)25(23)32-3)19-9-15-7-8-18(12-22(15)34-26(19)29)33-21-6-4-5-16(13-27)20(21)14-28/h4-12H,1-3H3.